The maximum Gasteiger partial charge on any atom is 0.196 e. The SMILES string of the molecule is CCCCOc1ccc(C(=O)c2ccc(OC)cc2O)cc1. The largest absolute Gasteiger partial charge is 0.507 e. The molecule has 2 aromatic rings. The van der Waals surface area contributed by atoms with Gasteiger partial charge in [-0.25, -0.2) is 0 Å². The molecule has 0 saturated carbocycles. The number of ether oxygens (including phenoxy) is 2. The second-order valence-electron chi connectivity index (χ2n) is 4.94. The number of aromatic hydroxyl groups is 1. The van der Waals surface area contributed by atoms with E-state index >= 15 is 0 Å². The van der Waals surface area contributed by atoms with Gasteiger partial charge in [-0.15, -0.1) is 0 Å². The van der Waals surface area contributed by atoms with Gasteiger partial charge < -0.3 is 14.6 Å². The fourth-order valence-corrected chi connectivity index (χ4v) is 2.02. The van der Waals surface area contributed by atoms with Crippen LogP contribution in [0.2, 0.25) is 0 Å². The van der Waals surface area contributed by atoms with Crippen LogP contribution in [0.25, 0.3) is 0 Å². The number of phenols is 1. The average Bonchev–Trinajstić information content (AvgIpc) is 2.55. The van der Waals surface area contributed by atoms with E-state index < -0.39 is 0 Å². The predicted molar refractivity (Wildman–Crippen MR) is 84.9 cm³/mol. The van der Waals surface area contributed by atoms with Crippen LogP contribution in [0, 0.1) is 0 Å². The van der Waals surface area contributed by atoms with Gasteiger partial charge in [0, 0.05) is 11.6 Å². The summed E-state index contributed by atoms with van der Waals surface area (Å²) < 4.78 is 10.6. The summed E-state index contributed by atoms with van der Waals surface area (Å²) in [4.78, 5) is 12.4. The minimum atomic E-state index is -0.236. The molecule has 0 aromatic heterocycles. The third-order valence-electron chi connectivity index (χ3n) is 3.33. The van der Waals surface area contributed by atoms with Crippen molar-refractivity contribution in [3.8, 4) is 17.2 Å². The van der Waals surface area contributed by atoms with Gasteiger partial charge in [-0.05, 0) is 42.8 Å². The van der Waals surface area contributed by atoms with E-state index in [0.717, 1.165) is 18.6 Å². The van der Waals surface area contributed by atoms with Gasteiger partial charge in [0.05, 0.1) is 19.3 Å². The van der Waals surface area contributed by atoms with Gasteiger partial charge in [0.25, 0.3) is 0 Å². The fraction of sp³-hybridized carbons (Fsp3) is 0.278. The van der Waals surface area contributed by atoms with Crippen LogP contribution in [0.15, 0.2) is 42.5 Å². The zero-order valence-corrected chi connectivity index (χ0v) is 12.8. The molecular weight excluding hydrogens is 280 g/mol. The Kier molecular flexibility index (Phi) is 5.42. The Bertz CT molecular complexity index is 632. The van der Waals surface area contributed by atoms with E-state index in [9.17, 15) is 9.90 Å². The summed E-state index contributed by atoms with van der Waals surface area (Å²) in [6.07, 6.45) is 2.08. The highest BCUT2D eigenvalue weighted by atomic mass is 16.5. The molecule has 0 aliphatic heterocycles. The van der Waals surface area contributed by atoms with Crippen LogP contribution in [0.4, 0.5) is 0 Å². The van der Waals surface area contributed by atoms with Crippen molar-refractivity contribution in [3.05, 3.63) is 53.6 Å². The number of unbranched alkanes of at least 4 members (excludes halogenated alkanes) is 1. The van der Waals surface area contributed by atoms with Gasteiger partial charge in [-0.1, -0.05) is 13.3 Å². The minimum absolute atomic E-state index is 0.0902. The van der Waals surface area contributed by atoms with E-state index in [1.807, 2.05) is 0 Å². The highest BCUT2D eigenvalue weighted by Crippen LogP contribution is 2.26. The van der Waals surface area contributed by atoms with Crippen LogP contribution in [0.1, 0.15) is 35.7 Å². The standard InChI is InChI=1S/C18H20O4/c1-3-4-11-22-14-7-5-13(6-8-14)18(20)16-10-9-15(21-2)12-17(16)19/h5-10,12,19H,3-4,11H2,1-2H3. The van der Waals surface area contributed by atoms with E-state index in [1.165, 1.54) is 13.2 Å². The zero-order valence-electron chi connectivity index (χ0n) is 12.8. The molecule has 0 fully saturated rings. The highest BCUT2D eigenvalue weighted by Gasteiger charge is 2.14. The number of hydrogen-bond donors (Lipinski definition) is 1. The van der Waals surface area contributed by atoms with E-state index in [4.69, 9.17) is 9.47 Å². The molecule has 0 amide bonds. The molecule has 0 unspecified atom stereocenters. The summed E-state index contributed by atoms with van der Waals surface area (Å²) in [7, 11) is 1.51. The Morgan fingerprint density at radius 3 is 2.36 bits per heavy atom. The maximum absolute atomic E-state index is 12.4. The molecule has 2 aromatic carbocycles. The van der Waals surface area contributed by atoms with Crippen molar-refractivity contribution in [2.75, 3.05) is 13.7 Å². The zero-order chi connectivity index (χ0) is 15.9. The molecule has 0 atom stereocenters. The number of carbonyl (C=O) groups is 1. The van der Waals surface area contributed by atoms with Gasteiger partial charge in [-0.3, -0.25) is 4.79 Å². The Hall–Kier alpha value is -2.49. The molecule has 0 spiro atoms. The van der Waals surface area contributed by atoms with Crippen molar-refractivity contribution in [3.63, 3.8) is 0 Å². The minimum Gasteiger partial charge on any atom is -0.507 e. The molecule has 116 valence electrons. The number of benzene rings is 2. The van der Waals surface area contributed by atoms with Gasteiger partial charge in [0.2, 0.25) is 0 Å². The van der Waals surface area contributed by atoms with Crippen LogP contribution in [-0.2, 0) is 0 Å². The van der Waals surface area contributed by atoms with Crippen LogP contribution < -0.4 is 9.47 Å². The number of phenolic OH excluding ortho intramolecular Hbond substituents is 1. The first-order chi connectivity index (χ1) is 10.7. The smallest absolute Gasteiger partial charge is 0.196 e. The van der Waals surface area contributed by atoms with Crippen molar-refractivity contribution in [1.82, 2.24) is 0 Å². The average molecular weight is 300 g/mol. The van der Waals surface area contributed by atoms with E-state index in [2.05, 4.69) is 6.92 Å². The van der Waals surface area contributed by atoms with Crippen molar-refractivity contribution in [1.29, 1.82) is 0 Å². The van der Waals surface area contributed by atoms with Crippen molar-refractivity contribution in [2.45, 2.75) is 19.8 Å². The highest BCUT2D eigenvalue weighted by molar-refractivity contribution is 6.10. The number of ketones is 1. The van der Waals surface area contributed by atoms with Crippen molar-refractivity contribution >= 4 is 5.78 Å². The van der Waals surface area contributed by atoms with Crippen LogP contribution in [0.3, 0.4) is 0 Å². The van der Waals surface area contributed by atoms with Crippen LogP contribution in [0.5, 0.6) is 17.2 Å². The molecule has 0 aliphatic carbocycles. The van der Waals surface area contributed by atoms with Gasteiger partial charge in [0.1, 0.15) is 17.2 Å². The molecule has 0 saturated heterocycles. The summed E-state index contributed by atoms with van der Waals surface area (Å²) >= 11 is 0. The first-order valence-electron chi connectivity index (χ1n) is 7.30. The quantitative estimate of drug-likeness (QED) is 0.624. The summed E-state index contributed by atoms with van der Waals surface area (Å²) in [6.45, 7) is 2.77. The first kappa shape index (κ1) is 15.9. The van der Waals surface area contributed by atoms with Crippen LogP contribution in [-0.4, -0.2) is 24.6 Å². The van der Waals surface area contributed by atoms with Crippen molar-refractivity contribution < 1.29 is 19.4 Å². The van der Waals surface area contributed by atoms with Gasteiger partial charge in [0.15, 0.2) is 5.78 Å². The molecule has 4 nitrogen and oxygen atoms in total. The van der Waals surface area contributed by atoms with Gasteiger partial charge >= 0.3 is 0 Å². The lowest BCUT2D eigenvalue weighted by Crippen LogP contribution is -2.02. The molecule has 22 heavy (non-hydrogen) atoms. The molecule has 0 aliphatic rings. The third kappa shape index (κ3) is 3.79. The summed E-state index contributed by atoms with van der Waals surface area (Å²) in [5.41, 5.74) is 0.753. The lowest BCUT2D eigenvalue weighted by atomic mass is 10.0. The Morgan fingerprint density at radius 2 is 1.77 bits per heavy atom. The lowest BCUT2D eigenvalue weighted by Gasteiger charge is -2.08. The second kappa shape index (κ2) is 7.50. The second-order valence-corrected chi connectivity index (χ2v) is 4.94. The van der Waals surface area contributed by atoms with E-state index in [0.29, 0.717) is 17.9 Å². The number of methoxy groups -OCH3 is 1. The number of rotatable bonds is 7. The first-order valence-corrected chi connectivity index (χ1v) is 7.30. The molecule has 4 heteroatoms. The third-order valence-corrected chi connectivity index (χ3v) is 3.33. The van der Waals surface area contributed by atoms with E-state index in [-0.39, 0.29) is 17.1 Å². The fourth-order valence-electron chi connectivity index (χ4n) is 2.02. The molecule has 0 heterocycles. The Balaban J connectivity index is 2.12. The monoisotopic (exact) mass is 300 g/mol. The number of carbonyl (C=O) groups excluding carboxylic acids is 1. The maximum atomic E-state index is 12.4. The van der Waals surface area contributed by atoms with Crippen molar-refractivity contribution in [2.24, 2.45) is 0 Å². The summed E-state index contributed by atoms with van der Waals surface area (Å²) in [6, 6.07) is 11.6. The molecule has 1 N–H and O–H groups in total. The van der Waals surface area contributed by atoms with E-state index in [1.54, 1.807) is 36.4 Å². The topological polar surface area (TPSA) is 55.8 Å². The van der Waals surface area contributed by atoms with Crippen LogP contribution >= 0.6 is 0 Å². The van der Waals surface area contributed by atoms with Gasteiger partial charge in [-0.2, -0.15) is 0 Å². The number of hydrogen-bond acceptors (Lipinski definition) is 4. The Labute approximate surface area is 130 Å². The summed E-state index contributed by atoms with van der Waals surface area (Å²) in [5.74, 6) is 0.922. The lowest BCUT2D eigenvalue weighted by molar-refractivity contribution is 0.103. The molecule has 0 bridgehead atoms. The Morgan fingerprint density at radius 1 is 1.09 bits per heavy atom. The molecule has 2 rings (SSSR count). The predicted octanol–water partition coefficient (Wildman–Crippen LogP) is 3.81. The molecular formula is C18H20O4. The summed E-state index contributed by atoms with van der Waals surface area (Å²) in [5, 5.41) is 9.93. The normalized spacial score (nSPS) is 10.3. The molecule has 0 radical (unpaired) electrons.